The van der Waals surface area contributed by atoms with Crippen molar-refractivity contribution >= 4 is 51.9 Å². The molecule has 0 aromatic heterocycles. The Morgan fingerprint density at radius 3 is 2.62 bits per heavy atom. The van der Waals surface area contributed by atoms with E-state index in [0.29, 0.717) is 39.0 Å². The van der Waals surface area contributed by atoms with Crippen molar-refractivity contribution in [3.63, 3.8) is 0 Å². The van der Waals surface area contributed by atoms with Gasteiger partial charge in [-0.05, 0) is 37.6 Å². The van der Waals surface area contributed by atoms with Crippen molar-refractivity contribution in [2.45, 2.75) is 13.8 Å². The van der Waals surface area contributed by atoms with E-state index in [1.165, 1.54) is 11.8 Å². The Kier molecular flexibility index (Phi) is 5.50. The standard InChI is InChI=1S/C14H14ClNO3S2/c1-3-18-10-6-8(5-9(15)12(10)19-4-2)7-11-13(17)16-14(20)21-11/h5-7H,3-4H2,1-2H3,(H,16,17,20)/b11-7-. The summed E-state index contributed by atoms with van der Waals surface area (Å²) in [4.78, 5) is 12.2. The first kappa shape index (κ1) is 16.1. The summed E-state index contributed by atoms with van der Waals surface area (Å²) >= 11 is 12.4. The van der Waals surface area contributed by atoms with Gasteiger partial charge in [-0.15, -0.1) is 0 Å². The molecule has 1 aliphatic rings. The molecule has 2 rings (SSSR count). The van der Waals surface area contributed by atoms with Crippen LogP contribution in [0.4, 0.5) is 0 Å². The van der Waals surface area contributed by atoms with E-state index in [4.69, 9.17) is 33.3 Å². The van der Waals surface area contributed by atoms with E-state index in [9.17, 15) is 4.79 Å². The summed E-state index contributed by atoms with van der Waals surface area (Å²) in [5.41, 5.74) is 0.759. The lowest BCUT2D eigenvalue weighted by Crippen LogP contribution is -2.17. The third-order valence-electron chi connectivity index (χ3n) is 2.56. The molecule has 0 saturated carbocycles. The second kappa shape index (κ2) is 7.15. The Morgan fingerprint density at radius 1 is 1.33 bits per heavy atom. The van der Waals surface area contributed by atoms with Gasteiger partial charge in [-0.3, -0.25) is 4.79 Å². The molecule has 0 bridgehead atoms. The molecule has 1 aliphatic heterocycles. The van der Waals surface area contributed by atoms with E-state index >= 15 is 0 Å². The zero-order chi connectivity index (χ0) is 15.4. The van der Waals surface area contributed by atoms with Crippen LogP contribution in [0.3, 0.4) is 0 Å². The topological polar surface area (TPSA) is 47.6 Å². The molecule has 1 amide bonds. The fourth-order valence-electron chi connectivity index (χ4n) is 1.79. The molecular weight excluding hydrogens is 330 g/mol. The highest BCUT2D eigenvalue weighted by Gasteiger charge is 2.22. The minimum atomic E-state index is -0.201. The first-order valence-electron chi connectivity index (χ1n) is 6.39. The molecule has 0 spiro atoms. The minimum absolute atomic E-state index is 0.201. The summed E-state index contributed by atoms with van der Waals surface area (Å²) in [5, 5.41) is 3.02. The number of hydrogen-bond donors (Lipinski definition) is 1. The Hall–Kier alpha value is -1.24. The van der Waals surface area contributed by atoms with Crippen LogP contribution >= 0.6 is 35.6 Å². The molecule has 112 valence electrons. The Balaban J connectivity index is 2.39. The van der Waals surface area contributed by atoms with Crippen LogP contribution in [0.15, 0.2) is 17.0 Å². The van der Waals surface area contributed by atoms with Gasteiger partial charge in [-0.1, -0.05) is 35.6 Å². The fourth-order valence-corrected chi connectivity index (χ4v) is 3.11. The number of carbonyl (C=O) groups excluding carboxylic acids is 1. The molecule has 0 radical (unpaired) electrons. The van der Waals surface area contributed by atoms with E-state index in [2.05, 4.69) is 5.32 Å². The van der Waals surface area contributed by atoms with Crippen LogP contribution in [-0.4, -0.2) is 23.4 Å². The van der Waals surface area contributed by atoms with Gasteiger partial charge in [0.2, 0.25) is 0 Å². The average molecular weight is 344 g/mol. The van der Waals surface area contributed by atoms with Crippen molar-refractivity contribution in [1.82, 2.24) is 5.32 Å². The van der Waals surface area contributed by atoms with Crippen LogP contribution in [0.25, 0.3) is 6.08 Å². The minimum Gasteiger partial charge on any atom is -0.490 e. The first-order chi connectivity index (χ1) is 10.0. The van der Waals surface area contributed by atoms with Crippen molar-refractivity contribution in [1.29, 1.82) is 0 Å². The SMILES string of the molecule is CCOc1cc(/C=C2\SC(=S)NC2=O)cc(Cl)c1OCC. The predicted molar refractivity (Wildman–Crippen MR) is 90.1 cm³/mol. The Morgan fingerprint density at radius 2 is 2.05 bits per heavy atom. The molecule has 1 saturated heterocycles. The van der Waals surface area contributed by atoms with Gasteiger partial charge in [0, 0.05) is 0 Å². The molecule has 1 fully saturated rings. The van der Waals surface area contributed by atoms with Crippen LogP contribution in [0.1, 0.15) is 19.4 Å². The number of thiocarbonyl (C=S) groups is 1. The molecule has 0 unspecified atom stereocenters. The average Bonchev–Trinajstić information content (AvgIpc) is 2.72. The number of ether oxygens (including phenoxy) is 2. The first-order valence-corrected chi connectivity index (χ1v) is 7.99. The number of hydrogen-bond acceptors (Lipinski definition) is 5. The summed E-state index contributed by atoms with van der Waals surface area (Å²) < 4.78 is 11.5. The largest absolute Gasteiger partial charge is 0.490 e. The molecule has 0 aliphatic carbocycles. The highest BCUT2D eigenvalue weighted by molar-refractivity contribution is 8.26. The monoisotopic (exact) mass is 343 g/mol. The number of halogens is 1. The lowest BCUT2D eigenvalue weighted by Gasteiger charge is -2.13. The summed E-state index contributed by atoms with van der Waals surface area (Å²) in [6.45, 7) is 4.75. The quantitative estimate of drug-likeness (QED) is 0.653. The Bertz CT molecular complexity index is 616. The number of rotatable bonds is 5. The summed E-state index contributed by atoms with van der Waals surface area (Å²) in [7, 11) is 0. The molecule has 1 aromatic rings. The van der Waals surface area contributed by atoms with Crippen LogP contribution in [0.5, 0.6) is 11.5 Å². The Labute approximate surface area is 137 Å². The van der Waals surface area contributed by atoms with Crippen LogP contribution in [-0.2, 0) is 4.79 Å². The van der Waals surface area contributed by atoms with E-state index in [1.807, 2.05) is 13.8 Å². The van der Waals surface area contributed by atoms with Crippen LogP contribution < -0.4 is 14.8 Å². The van der Waals surface area contributed by atoms with Gasteiger partial charge in [-0.25, -0.2) is 0 Å². The molecule has 7 heteroatoms. The van der Waals surface area contributed by atoms with Crippen molar-refractivity contribution in [2.75, 3.05) is 13.2 Å². The maximum absolute atomic E-state index is 11.7. The molecule has 0 atom stereocenters. The lowest BCUT2D eigenvalue weighted by atomic mass is 10.2. The second-order valence-electron chi connectivity index (χ2n) is 4.05. The van der Waals surface area contributed by atoms with Crippen molar-refractivity contribution in [3.8, 4) is 11.5 Å². The maximum atomic E-state index is 11.7. The fraction of sp³-hybridized carbons (Fsp3) is 0.286. The predicted octanol–water partition coefficient (Wildman–Crippen LogP) is 3.63. The molecule has 1 N–H and O–H groups in total. The lowest BCUT2D eigenvalue weighted by molar-refractivity contribution is -0.115. The number of amides is 1. The highest BCUT2D eigenvalue weighted by atomic mass is 35.5. The molecule has 4 nitrogen and oxygen atoms in total. The number of carbonyl (C=O) groups is 1. The third-order valence-corrected chi connectivity index (χ3v) is 4.00. The molecular formula is C14H14ClNO3S2. The molecule has 21 heavy (non-hydrogen) atoms. The highest BCUT2D eigenvalue weighted by Crippen LogP contribution is 2.38. The zero-order valence-electron chi connectivity index (χ0n) is 11.6. The van der Waals surface area contributed by atoms with Gasteiger partial charge in [-0.2, -0.15) is 0 Å². The van der Waals surface area contributed by atoms with E-state index in [0.717, 1.165) is 5.56 Å². The van der Waals surface area contributed by atoms with Gasteiger partial charge in [0.15, 0.2) is 11.5 Å². The van der Waals surface area contributed by atoms with E-state index in [1.54, 1.807) is 18.2 Å². The van der Waals surface area contributed by atoms with Crippen molar-refractivity contribution < 1.29 is 14.3 Å². The van der Waals surface area contributed by atoms with Gasteiger partial charge >= 0.3 is 0 Å². The number of nitrogens with one attached hydrogen (secondary N) is 1. The second-order valence-corrected chi connectivity index (χ2v) is 6.17. The third kappa shape index (κ3) is 3.90. The molecule has 1 heterocycles. The van der Waals surface area contributed by atoms with Crippen LogP contribution in [0.2, 0.25) is 5.02 Å². The maximum Gasteiger partial charge on any atom is 0.263 e. The number of thioether (sulfide) groups is 1. The summed E-state index contributed by atoms with van der Waals surface area (Å²) in [6, 6.07) is 3.53. The van der Waals surface area contributed by atoms with Gasteiger partial charge in [0.05, 0.1) is 23.1 Å². The van der Waals surface area contributed by atoms with Crippen molar-refractivity contribution in [2.24, 2.45) is 0 Å². The zero-order valence-corrected chi connectivity index (χ0v) is 14.0. The summed E-state index contributed by atoms with van der Waals surface area (Å²) in [6.07, 6.45) is 1.73. The van der Waals surface area contributed by atoms with Gasteiger partial charge in [0.1, 0.15) is 4.32 Å². The summed E-state index contributed by atoms with van der Waals surface area (Å²) in [5.74, 6) is 0.875. The molecule has 1 aromatic carbocycles. The van der Waals surface area contributed by atoms with E-state index in [-0.39, 0.29) is 5.91 Å². The number of benzene rings is 1. The smallest absolute Gasteiger partial charge is 0.263 e. The normalized spacial score (nSPS) is 16.2. The van der Waals surface area contributed by atoms with Gasteiger partial charge in [0.25, 0.3) is 5.91 Å². The van der Waals surface area contributed by atoms with E-state index < -0.39 is 0 Å². The van der Waals surface area contributed by atoms with Crippen molar-refractivity contribution in [3.05, 3.63) is 27.6 Å². The van der Waals surface area contributed by atoms with Crippen LogP contribution in [0, 0.1) is 0 Å². The van der Waals surface area contributed by atoms with Gasteiger partial charge < -0.3 is 14.8 Å².